The highest BCUT2D eigenvalue weighted by molar-refractivity contribution is 5.90. The summed E-state index contributed by atoms with van der Waals surface area (Å²) in [5.41, 5.74) is -1.28. The summed E-state index contributed by atoms with van der Waals surface area (Å²) in [6, 6.07) is 1.07. The Labute approximate surface area is 119 Å². The first-order chi connectivity index (χ1) is 9.90. The molecule has 3 N–H and O–H groups in total. The van der Waals surface area contributed by atoms with E-state index in [9.17, 15) is 24.4 Å². The van der Waals surface area contributed by atoms with Crippen molar-refractivity contribution in [2.75, 3.05) is 5.32 Å². The maximum absolute atomic E-state index is 13.5. The molecule has 0 saturated heterocycles. The number of carboxylic acid groups (broad SMARTS) is 1. The van der Waals surface area contributed by atoms with Crippen LogP contribution in [0.3, 0.4) is 0 Å². The van der Waals surface area contributed by atoms with Gasteiger partial charge in [-0.15, -0.1) is 0 Å². The van der Waals surface area contributed by atoms with Gasteiger partial charge in [0, 0.05) is 0 Å². The van der Waals surface area contributed by atoms with Gasteiger partial charge in [0.25, 0.3) is 5.69 Å². The minimum Gasteiger partial charge on any atom is -0.478 e. The van der Waals surface area contributed by atoms with E-state index in [2.05, 4.69) is 5.32 Å². The molecule has 0 bridgehead atoms. The number of nitro benzene ring substituents is 1. The van der Waals surface area contributed by atoms with E-state index in [1.807, 2.05) is 0 Å². The zero-order valence-electron chi connectivity index (χ0n) is 11.1. The molecule has 114 valence electrons. The summed E-state index contributed by atoms with van der Waals surface area (Å²) in [6.07, 6.45) is 2.23. The van der Waals surface area contributed by atoms with Crippen molar-refractivity contribution in [1.82, 2.24) is 0 Å². The second kappa shape index (κ2) is 6.04. The highest BCUT2D eigenvalue weighted by Crippen LogP contribution is 2.31. The summed E-state index contributed by atoms with van der Waals surface area (Å²) in [5, 5.41) is 32.5. The van der Waals surface area contributed by atoms with Gasteiger partial charge in [0.15, 0.2) is 0 Å². The van der Waals surface area contributed by atoms with E-state index in [4.69, 9.17) is 5.11 Å². The van der Waals surface area contributed by atoms with Gasteiger partial charge in [-0.2, -0.15) is 0 Å². The Hall–Kier alpha value is -2.22. The zero-order chi connectivity index (χ0) is 15.6. The number of rotatable bonds is 4. The van der Waals surface area contributed by atoms with Crippen LogP contribution in [0.5, 0.6) is 0 Å². The summed E-state index contributed by atoms with van der Waals surface area (Å²) >= 11 is 0. The number of carbonyl (C=O) groups is 1. The fourth-order valence-corrected chi connectivity index (χ4v) is 2.47. The summed E-state index contributed by atoms with van der Waals surface area (Å²) < 4.78 is 13.5. The quantitative estimate of drug-likeness (QED) is 0.580. The molecule has 0 aliphatic heterocycles. The smallest absolute Gasteiger partial charge is 0.338 e. The highest BCUT2D eigenvalue weighted by Gasteiger charge is 2.27. The molecule has 7 nitrogen and oxygen atoms in total. The molecule has 2 unspecified atom stereocenters. The van der Waals surface area contributed by atoms with Crippen LogP contribution in [-0.2, 0) is 0 Å². The molecule has 1 fully saturated rings. The van der Waals surface area contributed by atoms with Gasteiger partial charge in [-0.1, -0.05) is 12.8 Å². The molecule has 0 amide bonds. The third kappa shape index (κ3) is 3.27. The van der Waals surface area contributed by atoms with Crippen LogP contribution in [0, 0.1) is 15.9 Å². The second-order valence-corrected chi connectivity index (χ2v) is 5.01. The largest absolute Gasteiger partial charge is 0.478 e. The van der Waals surface area contributed by atoms with Gasteiger partial charge < -0.3 is 15.5 Å². The van der Waals surface area contributed by atoms with Crippen molar-refractivity contribution in [3.8, 4) is 0 Å². The first-order valence-corrected chi connectivity index (χ1v) is 6.56. The molecule has 1 aromatic carbocycles. The average Bonchev–Trinajstić information content (AvgIpc) is 2.42. The number of halogens is 1. The molecule has 0 spiro atoms. The van der Waals surface area contributed by atoms with Crippen LogP contribution in [-0.4, -0.2) is 33.3 Å². The third-order valence-corrected chi connectivity index (χ3v) is 3.58. The zero-order valence-corrected chi connectivity index (χ0v) is 11.1. The van der Waals surface area contributed by atoms with Crippen molar-refractivity contribution in [1.29, 1.82) is 0 Å². The molecule has 0 aromatic heterocycles. The molecule has 2 atom stereocenters. The number of aliphatic hydroxyl groups is 1. The monoisotopic (exact) mass is 298 g/mol. The predicted molar refractivity (Wildman–Crippen MR) is 71.9 cm³/mol. The number of benzene rings is 1. The third-order valence-electron chi connectivity index (χ3n) is 3.58. The molecule has 1 aliphatic rings. The van der Waals surface area contributed by atoms with Gasteiger partial charge >= 0.3 is 5.97 Å². The Bertz CT molecular complexity index is 578. The SMILES string of the molecule is O=C(O)c1cc(NC2CCCCC2O)c([N+](=O)[O-])cc1F. The van der Waals surface area contributed by atoms with Gasteiger partial charge in [-0.05, 0) is 18.9 Å². The summed E-state index contributed by atoms with van der Waals surface area (Å²) in [7, 11) is 0. The fraction of sp³-hybridized carbons (Fsp3) is 0.462. The van der Waals surface area contributed by atoms with E-state index in [1.165, 1.54) is 0 Å². The van der Waals surface area contributed by atoms with Crippen LogP contribution in [0.25, 0.3) is 0 Å². The number of nitrogens with zero attached hydrogens (tertiary/aromatic N) is 1. The first-order valence-electron chi connectivity index (χ1n) is 6.56. The molecule has 0 radical (unpaired) electrons. The van der Waals surface area contributed by atoms with Gasteiger partial charge in [0.05, 0.1) is 28.7 Å². The molecular formula is C13H15FN2O5. The number of carboxylic acids is 1. The lowest BCUT2D eigenvalue weighted by molar-refractivity contribution is -0.384. The van der Waals surface area contributed by atoms with E-state index in [0.717, 1.165) is 18.9 Å². The lowest BCUT2D eigenvalue weighted by Gasteiger charge is -2.29. The molecule has 21 heavy (non-hydrogen) atoms. The fourth-order valence-electron chi connectivity index (χ4n) is 2.47. The maximum Gasteiger partial charge on any atom is 0.338 e. The summed E-state index contributed by atoms with van der Waals surface area (Å²) in [4.78, 5) is 21.1. The average molecular weight is 298 g/mol. The van der Waals surface area contributed by atoms with Crippen molar-refractivity contribution in [3.05, 3.63) is 33.6 Å². The van der Waals surface area contributed by atoms with E-state index < -0.39 is 40.1 Å². The number of aliphatic hydroxyl groups excluding tert-OH is 1. The highest BCUT2D eigenvalue weighted by atomic mass is 19.1. The van der Waals surface area contributed by atoms with Crippen LogP contribution in [0.2, 0.25) is 0 Å². The number of anilines is 1. The molecule has 1 saturated carbocycles. The van der Waals surface area contributed by atoms with E-state index >= 15 is 0 Å². The normalized spacial score (nSPS) is 21.8. The Kier molecular flexibility index (Phi) is 4.37. The Morgan fingerprint density at radius 2 is 2.05 bits per heavy atom. The Morgan fingerprint density at radius 1 is 1.38 bits per heavy atom. The van der Waals surface area contributed by atoms with Gasteiger partial charge in [0.1, 0.15) is 11.5 Å². The van der Waals surface area contributed by atoms with Crippen molar-refractivity contribution in [2.45, 2.75) is 37.8 Å². The molecule has 1 aliphatic carbocycles. The van der Waals surface area contributed by atoms with Gasteiger partial charge in [0.2, 0.25) is 0 Å². The van der Waals surface area contributed by atoms with Crippen LogP contribution >= 0.6 is 0 Å². The molecule has 1 aromatic rings. The minimum atomic E-state index is -1.50. The molecule has 8 heteroatoms. The second-order valence-electron chi connectivity index (χ2n) is 5.01. The molecule has 0 heterocycles. The van der Waals surface area contributed by atoms with Crippen molar-refractivity contribution < 1.29 is 24.3 Å². The minimum absolute atomic E-state index is 0.0928. The summed E-state index contributed by atoms with van der Waals surface area (Å²) in [5.74, 6) is -2.67. The number of nitro groups is 1. The summed E-state index contributed by atoms with van der Waals surface area (Å²) in [6.45, 7) is 0. The van der Waals surface area contributed by atoms with Gasteiger partial charge in [-0.3, -0.25) is 10.1 Å². The van der Waals surface area contributed by atoms with Crippen molar-refractivity contribution in [3.63, 3.8) is 0 Å². The molecular weight excluding hydrogens is 283 g/mol. The number of hydrogen-bond donors (Lipinski definition) is 3. The predicted octanol–water partition coefficient (Wildman–Crippen LogP) is 2.15. The number of hydrogen-bond acceptors (Lipinski definition) is 5. The standard InChI is InChI=1S/C13H15FN2O5/c14-8-6-11(16(20)21)10(5-7(8)13(18)19)15-9-3-1-2-4-12(9)17/h5-6,9,12,15,17H,1-4H2,(H,18,19). The first kappa shape index (κ1) is 15.2. The Balaban J connectivity index is 2.37. The van der Waals surface area contributed by atoms with Crippen molar-refractivity contribution in [2.24, 2.45) is 0 Å². The lowest BCUT2D eigenvalue weighted by Crippen LogP contribution is -2.36. The van der Waals surface area contributed by atoms with Crippen LogP contribution in [0.15, 0.2) is 12.1 Å². The molecule has 2 rings (SSSR count). The van der Waals surface area contributed by atoms with E-state index in [0.29, 0.717) is 18.9 Å². The maximum atomic E-state index is 13.5. The topological polar surface area (TPSA) is 113 Å². The van der Waals surface area contributed by atoms with Crippen LogP contribution in [0.1, 0.15) is 36.0 Å². The Morgan fingerprint density at radius 3 is 2.62 bits per heavy atom. The van der Waals surface area contributed by atoms with Crippen molar-refractivity contribution >= 4 is 17.3 Å². The van der Waals surface area contributed by atoms with E-state index in [1.54, 1.807) is 0 Å². The van der Waals surface area contributed by atoms with Gasteiger partial charge in [-0.25, -0.2) is 9.18 Å². The lowest BCUT2D eigenvalue weighted by atomic mass is 9.92. The number of nitrogens with one attached hydrogen (secondary N) is 1. The number of aromatic carboxylic acids is 1. The van der Waals surface area contributed by atoms with Crippen LogP contribution in [0.4, 0.5) is 15.8 Å². The van der Waals surface area contributed by atoms with Crippen LogP contribution < -0.4 is 5.32 Å². The van der Waals surface area contributed by atoms with E-state index in [-0.39, 0.29) is 5.69 Å².